The van der Waals surface area contributed by atoms with Gasteiger partial charge in [0.2, 0.25) is 0 Å². The molecule has 2 heterocycles. The summed E-state index contributed by atoms with van der Waals surface area (Å²) >= 11 is 12.0. The minimum Gasteiger partial charge on any atom is -0.277 e. The highest BCUT2D eigenvalue weighted by Crippen LogP contribution is 2.36. The molecule has 0 amide bonds. The molecular formula is C10H7Cl2N3O4S2. The summed E-state index contributed by atoms with van der Waals surface area (Å²) in [6.45, 7) is 1.67. The van der Waals surface area contributed by atoms with Gasteiger partial charge >= 0.3 is 0 Å². The van der Waals surface area contributed by atoms with E-state index < -0.39 is 20.6 Å². The molecule has 0 saturated heterocycles. The number of hydrogen-bond donors (Lipinski definition) is 1. The van der Waals surface area contributed by atoms with Crippen LogP contribution in [0.1, 0.15) is 5.56 Å². The Hall–Kier alpha value is -1.42. The third kappa shape index (κ3) is 3.43. The predicted molar refractivity (Wildman–Crippen MR) is 80.8 cm³/mol. The van der Waals surface area contributed by atoms with Gasteiger partial charge in [-0.25, -0.2) is 13.4 Å². The molecule has 0 fully saturated rings. The van der Waals surface area contributed by atoms with E-state index in [0.29, 0.717) is 16.9 Å². The first-order chi connectivity index (χ1) is 9.70. The number of sulfonamides is 1. The van der Waals surface area contributed by atoms with Crippen molar-refractivity contribution in [1.82, 2.24) is 4.98 Å². The van der Waals surface area contributed by atoms with Crippen molar-refractivity contribution in [3.05, 3.63) is 43.5 Å². The number of pyridine rings is 1. The lowest BCUT2D eigenvalue weighted by atomic mass is 10.3. The number of aryl methyl sites for hydroxylation is 1. The zero-order valence-electron chi connectivity index (χ0n) is 10.3. The normalized spacial score (nSPS) is 11.4. The van der Waals surface area contributed by atoms with Gasteiger partial charge in [0.1, 0.15) is 9.36 Å². The molecule has 2 rings (SSSR count). The zero-order valence-corrected chi connectivity index (χ0v) is 13.5. The fourth-order valence-electron chi connectivity index (χ4n) is 1.41. The zero-order chi connectivity index (χ0) is 15.8. The van der Waals surface area contributed by atoms with E-state index in [2.05, 4.69) is 9.71 Å². The molecule has 21 heavy (non-hydrogen) atoms. The number of thiophene rings is 1. The number of rotatable bonds is 4. The van der Waals surface area contributed by atoms with Crippen molar-refractivity contribution in [2.24, 2.45) is 0 Å². The Morgan fingerprint density at radius 2 is 2.05 bits per heavy atom. The third-order valence-electron chi connectivity index (χ3n) is 2.37. The smallest absolute Gasteiger partial charge is 0.277 e. The van der Waals surface area contributed by atoms with Crippen LogP contribution in [0.3, 0.4) is 0 Å². The van der Waals surface area contributed by atoms with E-state index in [1.807, 2.05) is 0 Å². The molecular weight excluding hydrogens is 361 g/mol. The molecule has 7 nitrogen and oxygen atoms in total. The van der Waals surface area contributed by atoms with Gasteiger partial charge in [-0.05, 0) is 18.6 Å². The third-order valence-corrected chi connectivity index (χ3v) is 5.96. The van der Waals surface area contributed by atoms with Crippen LogP contribution in [0.25, 0.3) is 0 Å². The van der Waals surface area contributed by atoms with E-state index in [1.54, 1.807) is 6.92 Å². The van der Waals surface area contributed by atoms with Crippen LogP contribution in [0.15, 0.2) is 22.5 Å². The summed E-state index contributed by atoms with van der Waals surface area (Å²) in [7, 11) is -3.98. The Morgan fingerprint density at radius 3 is 2.57 bits per heavy atom. The maximum Gasteiger partial charge on any atom is 0.300 e. The van der Waals surface area contributed by atoms with Crippen molar-refractivity contribution < 1.29 is 13.3 Å². The van der Waals surface area contributed by atoms with Crippen molar-refractivity contribution in [2.75, 3.05) is 4.72 Å². The lowest BCUT2D eigenvalue weighted by molar-refractivity contribution is -0.384. The van der Waals surface area contributed by atoms with Crippen LogP contribution in [0.2, 0.25) is 9.49 Å². The standard InChI is InChI=1S/C10H7Cl2N3O4S2/c1-5-2-6(4-13-9(5)11)14-21(18,19)8-3-7(15(16)17)10(12)20-8/h2-4,14H,1H3. The van der Waals surface area contributed by atoms with Gasteiger partial charge in [0, 0.05) is 6.07 Å². The molecule has 0 atom stereocenters. The van der Waals surface area contributed by atoms with Crippen molar-refractivity contribution >= 4 is 55.9 Å². The Kier molecular flexibility index (Phi) is 4.38. The molecule has 0 spiro atoms. The summed E-state index contributed by atoms with van der Waals surface area (Å²) in [6.07, 6.45) is 1.25. The molecule has 11 heteroatoms. The minimum atomic E-state index is -3.98. The lowest BCUT2D eigenvalue weighted by Gasteiger charge is -2.06. The SMILES string of the molecule is Cc1cc(NS(=O)(=O)c2cc([N+](=O)[O-])c(Cl)s2)cnc1Cl. The summed E-state index contributed by atoms with van der Waals surface area (Å²) in [5.74, 6) is 0. The lowest BCUT2D eigenvalue weighted by Crippen LogP contribution is -2.11. The van der Waals surface area contributed by atoms with Gasteiger partial charge in [0.15, 0.2) is 4.34 Å². The van der Waals surface area contributed by atoms with Gasteiger partial charge in [-0.3, -0.25) is 14.8 Å². The second-order valence-electron chi connectivity index (χ2n) is 3.92. The first kappa shape index (κ1) is 16.0. The summed E-state index contributed by atoms with van der Waals surface area (Å²) in [6, 6.07) is 2.40. The maximum atomic E-state index is 12.1. The van der Waals surface area contributed by atoms with Crippen LogP contribution >= 0.6 is 34.5 Å². The average Bonchev–Trinajstić information content (AvgIpc) is 2.77. The summed E-state index contributed by atoms with van der Waals surface area (Å²) in [4.78, 5) is 13.8. The average molecular weight is 368 g/mol. The molecule has 0 aliphatic heterocycles. The number of anilines is 1. The van der Waals surface area contributed by atoms with Crippen LogP contribution in [0, 0.1) is 17.0 Å². The fourth-order valence-corrected chi connectivity index (χ4v) is 4.22. The molecule has 2 aromatic heterocycles. The largest absolute Gasteiger partial charge is 0.300 e. The quantitative estimate of drug-likeness (QED) is 0.506. The first-order valence-electron chi connectivity index (χ1n) is 5.29. The number of nitrogens with one attached hydrogen (secondary N) is 1. The fraction of sp³-hybridized carbons (Fsp3) is 0.100. The maximum absolute atomic E-state index is 12.1. The van der Waals surface area contributed by atoms with Crippen LogP contribution in [0.4, 0.5) is 11.4 Å². The van der Waals surface area contributed by atoms with Crippen LogP contribution in [0.5, 0.6) is 0 Å². The molecule has 0 aliphatic carbocycles. The van der Waals surface area contributed by atoms with Gasteiger partial charge in [-0.2, -0.15) is 0 Å². The molecule has 0 saturated carbocycles. The molecule has 2 aromatic rings. The Bertz CT molecular complexity index is 820. The van der Waals surface area contributed by atoms with E-state index in [1.165, 1.54) is 12.3 Å². The summed E-state index contributed by atoms with van der Waals surface area (Å²) in [5, 5.41) is 10.9. The number of nitro groups is 1. The molecule has 0 bridgehead atoms. The Balaban J connectivity index is 2.36. The number of nitrogens with zero attached hydrogens (tertiary/aromatic N) is 2. The molecule has 0 aliphatic rings. The number of halogens is 2. The van der Waals surface area contributed by atoms with E-state index >= 15 is 0 Å². The van der Waals surface area contributed by atoms with Crippen molar-refractivity contribution in [1.29, 1.82) is 0 Å². The van der Waals surface area contributed by atoms with E-state index in [0.717, 1.165) is 6.07 Å². The second kappa shape index (κ2) is 5.76. The van der Waals surface area contributed by atoms with Crippen LogP contribution in [-0.4, -0.2) is 18.3 Å². The molecule has 112 valence electrons. The number of hydrogen-bond acceptors (Lipinski definition) is 6. The van der Waals surface area contributed by atoms with Gasteiger partial charge in [-0.1, -0.05) is 23.2 Å². The van der Waals surface area contributed by atoms with Gasteiger partial charge in [0.05, 0.1) is 16.8 Å². The minimum absolute atomic E-state index is 0.198. The van der Waals surface area contributed by atoms with Gasteiger partial charge in [-0.15, -0.1) is 11.3 Å². The molecule has 0 unspecified atom stereocenters. The van der Waals surface area contributed by atoms with Gasteiger partial charge in [0.25, 0.3) is 15.7 Å². The Labute approximate surface area is 133 Å². The van der Waals surface area contributed by atoms with Crippen LogP contribution in [-0.2, 0) is 10.0 Å². The van der Waals surface area contributed by atoms with Gasteiger partial charge < -0.3 is 0 Å². The highest BCUT2D eigenvalue weighted by molar-refractivity contribution is 7.94. The van der Waals surface area contributed by atoms with Crippen molar-refractivity contribution in [3.8, 4) is 0 Å². The highest BCUT2D eigenvalue weighted by Gasteiger charge is 2.25. The van der Waals surface area contributed by atoms with E-state index in [9.17, 15) is 18.5 Å². The summed E-state index contributed by atoms with van der Waals surface area (Å²) in [5.41, 5.74) is 0.337. The monoisotopic (exact) mass is 367 g/mol. The number of aromatic nitrogens is 1. The Morgan fingerprint density at radius 1 is 1.38 bits per heavy atom. The van der Waals surface area contributed by atoms with E-state index in [-0.39, 0.29) is 19.4 Å². The topological polar surface area (TPSA) is 102 Å². The first-order valence-corrected chi connectivity index (χ1v) is 8.35. The summed E-state index contributed by atoms with van der Waals surface area (Å²) < 4.78 is 26.1. The second-order valence-corrected chi connectivity index (χ2v) is 7.84. The highest BCUT2D eigenvalue weighted by atomic mass is 35.5. The molecule has 0 radical (unpaired) electrons. The molecule has 0 aromatic carbocycles. The van der Waals surface area contributed by atoms with Crippen molar-refractivity contribution in [3.63, 3.8) is 0 Å². The molecule has 1 N–H and O–H groups in total. The van der Waals surface area contributed by atoms with Crippen LogP contribution < -0.4 is 4.72 Å². The van der Waals surface area contributed by atoms with Crippen molar-refractivity contribution in [2.45, 2.75) is 11.1 Å². The predicted octanol–water partition coefficient (Wildman–Crippen LogP) is 3.47. The van der Waals surface area contributed by atoms with E-state index in [4.69, 9.17) is 23.2 Å².